The average Bonchev–Trinajstić information content (AvgIpc) is 3.31. The third-order valence-corrected chi connectivity index (χ3v) is 12.3. The lowest BCUT2D eigenvalue weighted by molar-refractivity contribution is -0.362. The van der Waals surface area contributed by atoms with Crippen molar-refractivity contribution in [3.63, 3.8) is 0 Å². The van der Waals surface area contributed by atoms with Crippen LogP contribution in [0.3, 0.4) is 0 Å². The molecule has 0 bridgehead atoms. The predicted molar refractivity (Wildman–Crippen MR) is 168 cm³/mol. The monoisotopic (exact) mass is 715 g/mol. The second kappa shape index (κ2) is 12.4. The van der Waals surface area contributed by atoms with E-state index < -0.39 is 70.7 Å². The van der Waals surface area contributed by atoms with Gasteiger partial charge in [0.1, 0.15) is 12.2 Å². The Morgan fingerprint density at radius 3 is 2.26 bits per heavy atom. The lowest BCUT2D eigenvalue weighted by Crippen LogP contribution is -2.65. The summed E-state index contributed by atoms with van der Waals surface area (Å²) in [6, 6.07) is 6.75. The number of allylic oxidation sites excluding steroid dienone is 1. The summed E-state index contributed by atoms with van der Waals surface area (Å²) >= 11 is 0. The van der Waals surface area contributed by atoms with Crippen molar-refractivity contribution >= 4 is 12.1 Å². The molecule has 4 fully saturated rings. The molecule has 3 saturated carbocycles. The number of hydrogen-bond donors (Lipinski definition) is 4. The molecular weight excluding hydrogens is 669 g/mol. The molecule has 5 aliphatic rings. The van der Waals surface area contributed by atoms with Crippen molar-refractivity contribution in [2.24, 2.45) is 22.7 Å². The molecule has 1 aromatic carbocycles. The van der Waals surface area contributed by atoms with Gasteiger partial charge in [0.2, 0.25) is 0 Å². The highest BCUT2D eigenvalue weighted by Gasteiger charge is 2.79. The number of ether oxygens (including phenoxy) is 3. The van der Waals surface area contributed by atoms with Gasteiger partial charge in [-0.2, -0.15) is 22.0 Å². The molecule has 0 aromatic heterocycles. The number of carboxylic acid groups (broad SMARTS) is 1. The van der Waals surface area contributed by atoms with Crippen LogP contribution >= 0.6 is 0 Å². The second-order valence-electron chi connectivity index (χ2n) is 16.1. The number of fused-ring (bicyclic) bond motifs is 4. The van der Waals surface area contributed by atoms with Crippen LogP contribution in [0.1, 0.15) is 95.6 Å². The van der Waals surface area contributed by atoms with Crippen molar-refractivity contribution in [1.82, 2.24) is 5.32 Å². The van der Waals surface area contributed by atoms with E-state index in [9.17, 15) is 33.0 Å². The van der Waals surface area contributed by atoms with E-state index >= 15 is 8.78 Å². The zero-order valence-electron chi connectivity index (χ0n) is 28.5. The summed E-state index contributed by atoms with van der Waals surface area (Å²) in [6.45, 7) is 6.05. The molecule has 9 nitrogen and oxygen atoms in total. The first-order valence-electron chi connectivity index (χ1n) is 17.3. The molecule has 1 amide bonds. The standard InChI is InChI=1S/C36H46F5NO8/c1-30(2)19-49-33(50-20-30)13-9-26-28-23(8-12-32(26,46)18-33)25-10-14-34(47,35(37,38)36(39,40)41)31(25,3)16-24(28)22-6-4-21(5-7-22)17-48-29(45)42-15-11-27(43)44/h4-7,23-25,46-47H,8-20H2,1-3H3,(H,42,45)(H,43,44)/t23-,24+,25-,31-,32+,34-/m0/s1. The average molecular weight is 716 g/mol. The number of aliphatic hydroxyl groups is 2. The van der Waals surface area contributed by atoms with E-state index in [1.54, 1.807) is 24.3 Å². The first-order chi connectivity index (χ1) is 23.2. The summed E-state index contributed by atoms with van der Waals surface area (Å²) in [4.78, 5) is 22.7. The highest BCUT2D eigenvalue weighted by atomic mass is 19.4. The minimum Gasteiger partial charge on any atom is -0.481 e. The van der Waals surface area contributed by atoms with E-state index in [0.717, 1.165) is 11.1 Å². The number of nitrogens with one attached hydrogen (secondary N) is 1. The van der Waals surface area contributed by atoms with E-state index in [-0.39, 0.29) is 50.7 Å². The normalized spacial score (nSPS) is 34.8. The number of aliphatic carboxylic acids is 1. The molecule has 1 aliphatic heterocycles. The molecular formula is C36H46F5NO8. The summed E-state index contributed by atoms with van der Waals surface area (Å²) in [5.74, 6) is -9.21. The molecule has 0 unspecified atom stereocenters. The molecule has 1 saturated heterocycles. The molecule has 1 heterocycles. The lowest BCUT2D eigenvalue weighted by atomic mass is 9.49. The van der Waals surface area contributed by atoms with Crippen LogP contribution in [0, 0.1) is 22.7 Å². The van der Waals surface area contributed by atoms with Crippen molar-refractivity contribution in [3.05, 3.63) is 46.5 Å². The minimum absolute atomic E-state index is 0.0126. The fraction of sp³-hybridized carbons (Fsp3) is 0.722. The van der Waals surface area contributed by atoms with Crippen molar-refractivity contribution in [2.75, 3.05) is 19.8 Å². The summed E-state index contributed by atoms with van der Waals surface area (Å²) in [6.07, 6.45) is -6.33. The van der Waals surface area contributed by atoms with Gasteiger partial charge in [-0.25, -0.2) is 4.79 Å². The van der Waals surface area contributed by atoms with Gasteiger partial charge in [0.25, 0.3) is 0 Å². The predicted octanol–water partition coefficient (Wildman–Crippen LogP) is 6.61. The SMILES string of the molecule is CC1(C)COC2(CCC3=C4[C@@H](CC[C@@]3(O)C2)[C@@H]2CC[C@@](O)(C(F)(F)C(F)(F)F)[C@@]2(C)C[C@@H]4c2ccc(COC(=O)NCCC(=O)O)cc2)OC1. The van der Waals surface area contributed by atoms with Crippen molar-refractivity contribution in [3.8, 4) is 0 Å². The summed E-state index contributed by atoms with van der Waals surface area (Å²) in [7, 11) is 0. The molecule has 4 N–H and O–H groups in total. The van der Waals surface area contributed by atoms with Gasteiger partial charge >= 0.3 is 24.2 Å². The van der Waals surface area contributed by atoms with Crippen LogP contribution in [0.4, 0.5) is 26.7 Å². The van der Waals surface area contributed by atoms with Crippen LogP contribution < -0.4 is 5.32 Å². The largest absolute Gasteiger partial charge is 0.481 e. The van der Waals surface area contributed by atoms with Crippen molar-refractivity contribution < 1.29 is 61.1 Å². The van der Waals surface area contributed by atoms with Crippen LogP contribution in [-0.4, -0.2) is 76.2 Å². The first kappa shape index (κ1) is 37.0. The van der Waals surface area contributed by atoms with Crippen molar-refractivity contribution in [1.29, 1.82) is 0 Å². The summed E-state index contributed by atoms with van der Waals surface area (Å²) in [5.41, 5.74) is -3.89. The third kappa shape index (κ3) is 6.11. The molecule has 50 heavy (non-hydrogen) atoms. The Hall–Kier alpha value is -2.81. The molecule has 6 rings (SSSR count). The Balaban J connectivity index is 1.35. The van der Waals surface area contributed by atoms with Gasteiger partial charge in [-0.3, -0.25) is 4.79 Å². The number of alkyl halides is 5. The van der Waals surface area contributed by atoms with E-state index in [0.29, 0.717) is 43.6 Å². The second-order valence-corrected chi connectivity index (χ2v) is 16.1. The number of amides is 1. The highest BCUT2D eigenvalue weighted by molar-refractivity contribution is 5.70. The van der Waals surface area contributed by atoms with E-state index in [1.165, 1.54) is 6.92 Å². The minimum atomic E-state index is -5.95. The number of hydrogen-bond acceptors (Lipinski definition) is 7. The Morgan fingerprint density at radius 1 is 0.980 bits per heavy atom. The quantitative estimate of drug-likeness (QED) is 0.183. The zero-order valence-corrected chi connectivity index (χ0v) is 28.5. The van der Waals surface area contributed by atoms with Gasteiger partial charge in [0.15, 0.2) is 5.79 Å². The maximum absolute atomic E-state index is 15.4. The van der Waals surface area contributed by atoms with E-state index in [2.05, 4.69) is 5.32 Å². The molecule has 4 aliphatic carbocycles. The van der Waals surface area contributed by atoms with Gasteiger partial charge in [-0.15, -0.1) is 0 Å². The third-order valence-electron chi connectivity index (χ3n) is 12.3. The van der Waals surface area contributed by atoms with Gasteiger partial charge in [0.05, 0.1) is 25.2 Å². The molecule has 1 aromatic rings. The maximum Gasteiger partial charge on any atom is 0.456 e. The van der Waals surface area contributed by atoms with Crippen LogP contribution in [0.25, 0.3) is 0 Å². The van der Waals surface area contributed by atoms with Gasteiger partial charge in [-0.05, 0) is 67.1 Å². The smallest absolute Gasteiger partial charge is 0.456 e. The van der Waals surface area contributed by atoms with E-state index in [1.807, 2.05) is 13.8 Å². The topological polar surface area (TPSA) is 135 Å². The Kier molecular flexibility index (Phi) is 9.17. The first-order valence-corrected chi connectivity index (χ1v) is 17.3. The van der Waals surface area contributed by atoms with E-state index in [4.69, 9.17) is 19.3 Å². The number of carbonyl (C=O) groups excluding carboxylic acids is 1. The van der Waals surface area contributed by atoms with Gasteiger partial charge in [-0.1, -0.05) is 50.6 Å². The van der Waals surface area contributed by atoms with Gasteiger partial charge < -0.3 is 34.8 Å². The highest BCUT2D eigenvalue weighted by Crippen LogP contribution is 2.71. The zero-order chi connectivity index (χ0) is 36.5. The van der Waals surface area contributed by atoms with Gasteiger partial charge in [0, 0.05) is 36.1 Å². The maximum atomic E-state index is 15.4. The molecule has 14 heteroatoms. The number of alkyl carbamates (subject to hydrolysis) is 1. The molecule has 1 spiro atoms. The Bertz CT molecular complexity index is 1520. The number of halogens is 5. The fourth-order valence-corrected chi connectivity index (χ4v) is 9.62. The number of benzene rings is 1. The molecule has 0 radical (unpaired) electrons. The molecule has 278 valence electrons. The Labute approximate surface area is 287 Å². The lowest BCUT2D eigenvalue weighted by Gasteiger charge is -2.59. The van der Waals surface area contributed by atoms with Crippen LogP contribution in [0.15, 0.2) is 35.4 Å². The van der Waals surface area contributed by atoms with Crippen LogP contribution in [0.5, 0.6) is 0 Å². The Morgan fingerprint density at radius 2 is 1.64 bits per heavy atom. The fourth-order valence-electron chi connectivity index (χ4n) is 9.62. The number of carbonyl (C=O) groups is 2. The number of carboxylic acids is 1. The van der Waals surface area contributed by atoms with Crippen LogP contribution in [-0.2, 0) is 25.6 Å². The summed E-state index contributed by atoms with van der Waals surface area (Å²) < 4.78 is 90.2. The summed E-state index contributed by atoms with van der Waals surface area (Å²) in [5, 5.41) is 35.0. The van der Waals surface area contributed by atoms with Crippen molar-refractivity contribution in [2.45, 2.75) is 120 Å². The van der Waals surface area contributed by atoms with Crippen LogP contribution in [0.2, 0.25) is 0 Å². The molecule has 6 atom stereocenters. The number of rotatable bonds is 7.